The number of aromatic nitrogens is 2. The average molecular weight is 335 g/mol. The number of hydrogen-bond donors (Lipinski definition) is 1. The number of rotatable bonds is 6. The van der Waals surface area contributed by atoms with Crippen LogP contribution in [0.3, 0.4) is 0 Å². The summed E-state index contributed by atoms with van der Waals surface area (Å²) >= 11 is 0. The zero-order valence-electron chi connectivity index (χ0n) is 13.5. The van der Waals surface area contributed by atoms with Crippen LogP contribution in [0.15, 0.2) is 30.3 Å². The quantitative estimate of drug-likeness (QED) is 0.867. The van der Waals surface area contributed by atoms with Crippen LogP contribution < -0.4 is 10.1 Å². The monoisotopic (exact) mass is 335 g/mol. The molecule has 0 aliphatic heterocycles. The number of nitrogens with zero attached hydrogens (tertiary/aromatic N) is 2. The minimum atomic E-state index is -2.92. The first-order valence-corrected chi connectivity index (χ1v) is 7.86. The fraction of sp³-hybridized carbons (Fsp3) is 0.412. The second-order valence-electron chi connectivity index (χ2n) is 6.05. The van der Waals surface area contributed by atoms with E-state index in [0.29, 0.717) is 11.7 Å². The van der Waals surface area contributed by atoms with Gasteiger partial charge in [0.2, 0.25) is 0 Å². The van der Waals surface area contributed by atoms with Gasteiger partial charge in [0.25, 0.3) is 5.91 Å². The number of halogens is 2. The van der Waals surface area contributed by atoms with Crippen molar-refractivity contribution in [2.24, 2.45) is 5.92 Å². The van der Waals surface area contributed by atoms with Crippen molar-refractivity contribution in [1.29, 1.82) is 0 Å². The highest BCUT2D eigenvalue weighted by molar-refractivity contribution is 6.04. The molecule has 1 fully saturated rings. The zero-order valence-corrected chi connectivity index (χ0v) is 13.5. The molecule has 1 N–H and O–H groups in total. The minimum Gasteiger partial charge on any atom is -0.435 e. The summed E-state index contributed by atoms with van der Waals surface area (Å²) in [5, 5.41) is 7.26. The highest BCUT2D eigenvalue weighted by Gasteiger charge is 2.31. The minimum absolute atomic E-state index is 0.0475. The molecule has 128 valence electrons. The Hall–Kier alpha value is -2.44. The molecule has 1 heterocycles. The average Bonchev–Trinajstić information content (AvgIpc) is 3.30. The van der Waals surface area contributed by atoms with Gasteiger partial charge in [0.1, 0.15) is 11.6 Å². The van der Waals surface area contributed by atoms with E-state index in [1.807, 2.05) is 11.6 Å². The van der Waals surface area contributed by atoms with E-state index in [0.717, 1.165) is 5.69 Å². The third-order valence-corrected chi connectivity index (χ3v) is 4.11. The van der Waals surface area contributed by atoms with Crippen molar-refractivity contribution in [2.75, 3.05) is 5.32 Å². The Kier molecular flexibility index (Phi) is 4.51. The summed E-state index contributed by atoms with van der Waals surface area (Å²) in [6, 6.07) is 7.73. The number of amides is 1. The summed E-state index contributed by atoms with van der Waals surface area (Å²) in [6.07, 6.45) is 2.33. The molecule has 1 atom stereocenters. The Morgan fingerprint density at radius 2 is 2.12 bits per heavy atom. The maximum atomic E-state index is 12.4. The van der Waals surface area contributed by atoms with Crippen LogP contribution in [0, 0.1) is 12.8 Å². The van der Waals surface area contributed by atoms with Crippen LogP contribution in [0.2, 0.25) is 0 Å². The van der Waals surface area contributed by atoms with Gasteiger partial charge in [0, 0.05) is 11.6 Å². The Morgan fingerprint density at radius 1 is 1.38 bits per heavy atom. The number of carbonyl (C=O) groups excluding carboxylic acids is 1. The maximum Gasteiger partial charge on any atom is 0.387 e. The third-order valence-electron chi connectivity index (χ3n) is 4.11. The molecule has 5 nitrogen and oxygen atoms in total. The second-order valence-corrected chi connectivity index (χ2v) is 6.05. The first-order valence-electron chi connectivity index (χ1n) is 7.86. The lowest BCUT2D eigenvalue weighted by Gasteiger charge is -2.15. The summed E-state index contributed by atoms with van der Waals surface area (Å²) in [5.74, 6) is 0.757. The second kappa shape index (κ2) is 6.59. The molecule has 0 spiro atoms. The molecule has 1 aromatic heterocycles. The molecule has 2 aromatic rings. The lowest BCUT2D eigenvalue weighted by atomic mass is 10.2. The summed E-state index contributed by atoms with van der Waals surface area (Å²) in [5.41, 5.74) is 1.06. The maximum absolute atomic E-state index is 12.4. The van der Waals surface area contributed by atoms with Gasteiger partial charge in [-0.1, -0.05) is 6.07 Å². The fourth-order valence-corrected chi connectivity index (χ4v) is 2.70. The predicted molar refractivity (Wildman–Crippen MR) is 85.4 cm³/mol. The van der Waals surface area contributed by atoms with E-state index in [1.165, 1.54) is 31.0 Å². The van der Waals surface area contributed by atoms with Crippen molar-refractivity contribution in [2.45, 2.75) is 39.3 Å². The Balaban J connectivity index is 1.77. The summed E-state index contributed by atoms with van der Waals surface area (Å²) in [6.45, 7) is 1.02. The van der Waals surface area contributed by atoms with Crippen molar-refractivity contribution in [1.82, 2.24) is 9.78 Å². The molecule has 24 heavy (non-hydrogen) atoms. The Bertz CT molecular complexity index is 741. The number of ether oxygens (including phenoxy) is 1. The molecule has 1 aromatic carbocycles. The van der Waals surface area contributed by atoms with Crippen LogP contribution in [0.4, 0.5) is 14.6 Å². The van der Waals surface area contributed by atoms with Crippen molar-refractivity contribution < 1.29 is 18.3 Å². The van der Waals surface area contributed by atoms with E-state index in [1.54, 1.807) is 12.1 Å². The number of alkyl halides is 2. The molecule has 1 unspecified atom stereocenters. The Morgan fingerprint density at radius 3 is 2.79 bits per heavy atom. The largest absolute Gasteiger partial charge is 0.435 e. The van der Waals surface area contributed by atoms with Crippen LogP contribution in [0.25, 0.3) is 0 Å². The highest BCUT2D eigenvalue weighted by atomic mass is 19.3. The number of hydrogen-bond acceptors (Lipinski definition) is 3. The molecular formula is C17H19F2N3O2. The number of anilines is 1. The van der Waals surface area contributed by atoms with E-state index < -0.39 is 6.61 Å². The number of aryl methyl sites for hydroxylation is 1. The summed E-state index contributed by atoms with van der Waals surface area (Å²) in [7, 11) is 0. The molecule has 1 saturated carbocycles. The number of nitrogens with one attached hydrogen (secondary N) is 1. The van der Waals surface area contributed by atoms with Gasteiger partial charge in [-0.2, -0.15) is 13.9 Å². The van der Waals surface area contributed by atoms with Crippen molar-refractivity contribution in [3.05, 3.63) is 41.6 Å². The number of carbonyl (C=O) groups is 1. The van der Waals surface area contributed by atoms with E-state index in [2.05, 4.69) is 22.1 Å². The van der Waals surface area contributed by atoms with Gasteiger partial charge >= 0.3 is 6.61 Å². The van der Waals surface area contributed by atoms with Gasteiger partial charge in [-0.15, -0.1) is 0 Å². The van der Waals surface area contributed by atoms with Gasteiger partial charge in [-0.3, -0.25) is 4.79 Å². The SMILES string of the molecule is Cc1cc(NC(=O)c2cccc(OC(F)F)c2)n(C(C)C2CC2)n1. The molecule has 0 saturated heterocycles. The van der Waals surface area contributed by atoms with Crippen LogP contribution >= 0.6 is 0 Å². The van der Waals surface area contributed by atoms with Crippen molar-refractivity contribution in [3.8, 4) is 5.75 Å². The molecule has 1 amide bonds. The smallest absolute Gasteiger partial charge is 0.387 e. The lowest BCUT2D eigenvalue weighted by molar-refractivity contribution is -0.0498. The lowest BCUT2D eigenvalue weighted by Crippen LogP contribution is -2.18. The molecule has 1 aliphatic rings. The van der Waals surface area contributed by atoms with E-state index in [4.69, 9.17) is 0 Å². The number of benzene rings is 1. The highest BCUT2D eigenvalue weighted by Crippen LogP contribution is 2.40. The first-order chi connectivity index (χ1) is 11.4. The van der Waals surface area contributed by atoms with Crippen LogP contribution in [-0.2, 0) is 0 Å². The van der Waals surface area contributed by atoms with E-state index >= 15 is 0 Å². The van der Waals surface area contributed by atoms with Crippen molar-refractivity contribution >= 4 is 11.7 Å². The van der Waals surface area contributed by atoms with Gasteiger partial charge < -0.3 is 10.1 Å². The van der Waals surface area contributed by atoms with E-state index in [-0.39, 0.29) is 23.3 Å². The normalized spacial score (nSPS) is 15.4. The standard InChI is InChI=1S/C17H19F2N3O2/c1-10-8-15(22(21-10)11(2)12-6-7-12)20-16(23)13-4-3-5-14(9-13)24-17(18)19/h3-5,8-9,11-12,17H,6-7H2,1-2H3,(H,20,23). The summed E-state index contributed by atoms with van der Waals surface area (Å²) < 4.78 is 30.7. The van der Waals surface area contributed by atoms with Crippen molar-refractivity contribution in [3.63, 3.8) is 0 Å². The molecule has 7 heteroatoms. The molecule has 3 rings (SSSR count). The fourth-order valence-electron chi connectivity index (χ4n) is 2.70. The van der Waals surface area contributed by atoms with Gasteiger partial charge in [0.15, 0.2) is 0 Å². The van der Waals surface area contributed by atoms with Crippen LogP contribution in [0.1, 0.15) is 41.9 Å². The predicted octanol–water partition coefficient (Wildman–Crippen LogP) is 4.02. The molecule has 0 bridgehead atoms. The molecular weight excluding hydrogens is 316 g/mol. The van der Waals surface area contributed by atoms with Crippen LogP contribution in [0.5, 0.6) is 5.75 Å². The van der Waals surface area contributed by atoms with E-state index in [9.17, 15) is 13.6 Å². The first kappa shape index (κ1) is 16.4. The van der Waals surface area contributed by atoms with Gasteiger partial charge in [0.05, 0.1) is 11.7 Å². The van der Waals surface area contributed by atoms with Crippen LogP contribution in [-0.4, -0.2) is 22.3 Å². The summed E-state index contributed by atoms with van der Waals surface area (Å²) in [4.78, 5) is 12.4. The molecule has 1 aliphatic carbocycles. The zero-order chi connectivity index (χ0) is 17.3. The van der Waals surface area contributed by atoms with Gasteiger partial charge in [-0.25, -0.2) is 4.68 Å². The van der Waals surface area contributed by atoms with Gasteiger partial charge in [-0.05, 0) is 50.8 Å². The topological polar surface area (TPSA) is 56.1 Å². The third kappa shape index (κ3) is 3.72. The Labute approximate surface area is 138 Å². The molecule has 0 radical (unpaired) electrons.